The fourth-order valence-electron chi connectivity index (χ4n) is 2.11. The van der Waals surface area contributed by atoms with E-state index in [1.807, 2.05) is 0 Å². The van der Waals surface area contributed by atoms with Gasteiger partial charge in [0.2, 0.25) is 3.79 Å². The third kappa shape index (κ3) is 6.63. The van der Waals surface area contributed by atoms with E-state index in [0.29, 0.717) is 21.8 Å². The molecule has 0 aliphatic rings. The Labute approximate surface area is 182 Å². The molecule has 6 nitrogen and oxygen atoms in total. The van der Waals surface area contributed by atoms with Crippen LogP contribution >= 0.6 is 46.4 Å². The SMILES string of the molecule is COC(=O)c1ccc(N[C@H](NC(=O)OCc2ccccc2Cl)C(Cl)(Cl)Cl)cc1. The monoisotopic (exact) mass is 464 g/mol. The molecule has 150 valence electrons. The zero-order chi connectivity index (χ0) is 20.7. The molecule has 2 rings (SSSR count). The molecule has 0 radical (unpaired) electrons. The minimum absolute atomic E-state index is 0.0497. The minimum Gasteiger partial charge on any atom is -0.465 e. The number of hydrogen-bond acceptors (Lipinski definition) is 5. The zero-order valence-electron chi connectivity index (χ0n) is 14.5. The van der Waals surface area contributed by atoms with Crippen molar-refractivity contribution in [2.45, 2.75) is 16.6 Å². The van der Waals surface area contributed by atoms with Crippen molar-refractivity contribution in [1.29, 1.82) is 0 Å². The summed E-state index contributed by atoms with van der Waals surface area (Å²) in [6.45, 7) is -0.0497. The first-order valence-electron chi connectivity index (χ1n) is 7.89. The van der Waals surface area contributed by atoms with Gasteiger partial charge in [-0.05, 0) is 30.3 Å². The van der Waals surface area contributed by atoms with Crippen LogP contribution in [-0.4, -0.2) is 29.1 Å². The Hall–Kier alpha value is -1.86. The highest BCUT2D eigenvalue weighted by molar-refractivity contribution is 6.68. The molecule has 0 spiro atoms. The summed E-state index contributed by atoms with van der Waals surface area (Å²) in [6.07, 6.45) is -1.92. The maximum absolute atomic E-state index is 12.1. The minimum atomic E-state index is -1.88. The molecule has 2 N–H and O–H groups in total. The lowest BCUT2D eigenvalue weighted by atomic mass is 10.2. The second-order valence-electron chi connectivity index (χ2n) is 5.50. The summed E-state index contributed by atoms with van der Waals surface area (Å²) < 4.78 is 7.87. The van der Waals surface area contributed by atoms with Crippen LogP contribution in [0.1, 0.15) is 15.9 Å². The molecule has 0 aliphatic heterocycles. The van der Waals surface area contributed by atoms with Gasteiger partial charge in [0.05, 0.1) is 12.7 Å². The lowest BCUT2D eigenvalue weighted by molar-refractivity contribution is 0.0600. The molecule has 2 aromatic rings. The second kappa shape index (κ2) is 10.1. The number of carbonyl (C=O) groups is 2. The Morgan fingerprint density at radius 1 is 1.07 bits per heavy atom. The first kappa shape index (κ1) is 22.4. The molecule has 1 atom stereocenters. The Morgan fingerprint density at radius 2 is 1.71 bits per heavy atom. The van der Waals surface area contributed by atoms with E-state index in [-0.39, 0.29) is 6.61 Å². The Balaban J connectivity index is 2.00. The molecular formula is C18H16Cl4N2O4. The third-order valence-corrected chi connectivity index (χ3v) is 4.55. The predicted molar refractivity (Wildman–Crippen MR) is 110 cm³/mol. The van der Waals surface area contributed by atoms with E-state index in [4.69, 9.17) is 51.1 Å². The quantitative estimate of drug-likeness (QED) is 0.350. The number of hydrogen-bond donors (Lipinski definition) is 2. The van der Waals surface area contributed by atoms with Gasteiger partial charge in [0.1, 0.15) is 12.8 Å². The van der Waals surface area contributed by atoms with Crippen LogP contribution in [0.2, 0.25) is 5.02 Å². The first-order valence-corrected chi connectivity index (χ1v) is 9.40. The van der Waals surface area contributed by atoms with E-state index in [2.05, 4.69) is 15.4 Å². The van der Waals surface area contributed by atoms with Gasteiger partial charge in [0.25, 0.3) is 0 Å². The van der Waals surface area contributed by atoms with Crippen LogP contribution in [0.25, 0.3) is 0 Å². The van der Waals surface area contributed by atoms with Crippen molar-refractivity contribution >= 4 is 64.2 Å². The van der Waals surface area contributed by atoms with E-state index in [9.17, 15) is 9.59 Å². The summed E-state index contributed by atoms with van der Waals surface area (Å²) in [7, 11) is 1.28. The number of esters is 1. The lowest BCUT2D eigenvalue weighted by Gasteiger charge is -2.27. The Bertz CT molecular complexity index is 825. The van der Waals surface area contributed by atoms with Crippen LogP contribution in [0.5, 0.6) is 0 Å². The number of carbonyl (C=O) groups excluding carboxylic acids is 2. The number of rotatable bonds is 6. The maximum Gasteiger partial charge on any atom is 0.409 e. The van der Waals surface area contributed by atoms with Gasteiger partial charge in [0.15, 0.2) is 0 Å². The van der Waals surface area contributed by atoms with Gasteiger partial charge in [-0.15, -0.1) is 0 Å². The van der Waals surface area contributed by atoms with Gasteiger partial charge >= 0.3 is 12.1 Å². The van der Waals surface area contributed by atoms with Crippen molar-refractivity contribution in [2.24, 2.45) is 0 Å². The number of alkyl carbamates (subject to hydrolysis) is 1. The molecule has 0 bridgehead atoms. The van der Waals surface area contributed by atoms with Crippen LogP contribution in [0.15, 0.2) is 48.5 Å². The van der Waals surface area contributed by atoms with Crippen molar-refractivity contribution in [3.63, 3.8) is 0 Å². The van der Waals surface area contributed by atoms with Gasteiger partial charge in [-0.2, -0.15) is 0 Å². The van der Waals surface area contributed by atoms with E-state index in [0.717, 1.165) is 0 Å². The number of amides is 1. The number of halogens is 4. The van der Waals surface area contributed by atoms with Gasteiger partial charge < -0.3 is 14.8 Å². The van der Waals surface area contributed by atoms with E-state index in [1.165, 1.54) is 19.2 Å². The van der Waals surface area contributed by atoms with Crippen LogP contribution in [0, 0.1) is 0 Å². The smallest absolute Gasteiger partial charge is 0.409 e. The topological polar surface area (TPSA) is 76.7 Å². The summed E-state index contributed by atoms with van der Waals surface area (Å²) in [5, 5.41) is 5.77. The van der Waals surface area contributed by atoms with Gasteiger partial charge in [-0.3, -0.25) is 5.32 Å². The van der Waals surface area contributed by atoms with Gasteiger partial charge in [-0.25, -0.2) is 9.59 Å². The van der Waals surface area contributed by atoms with Crippen molar-refractivity contribution in [1.82, 2.24) is 5.32 Å². The molecule has 0 heterocycles. The lowest BCUT2D eigenvalue weighted by Crippen LogP contribution is -2.49. The number of benzene rings is 2. The average molecular weight is 466 g/mol. The number of nitrogens with one attached hydrogen (secondary N) is 2. The van der Waals surface area contributed by atoms with Crippen molar-refractivity contribution < 1.29 is 19.1 Å². The summed E-state index contributed by atoms with van der Waals surface area (Å²) in [4.78, 5) is 23.6. The van der Waals surface area contributed by atoms with Crippen LogP contribution in [-0.2, 0) is 16.1 Å². The van der Waals surface area contributed by atoms with E-state index < -0.39 is 22.0 Å². The molecule has 0 unspecified atom stereocenters. The molecule has 1 amide bonds. The summed E-state index contributed by atoms with van der Waals surface area (Å²) in [5.41, 5.74) is 1.48. The largest absolute Gasteiger partial charge is 0.465 e. The summed E-state index contributed by atoms with van der Waals surface area (Å²) in [5.74, 6) is -0.481. The highest BCUT2D eigenvalue weighted by Gasteiger charge is 2.34. The normalized spacial score (nSPS) is 12.0. The molecule has 0 saturated heterocycles. The average Bonchev–Trinajstić information content (AvgIpc) is 2.66. The Morgan fingerprint density at radius 3 is 2.29 bits per heavy atom. The molecule has 0 fully saturated rings. The highest BCUT2D eigenvalue weighted by atomic mass is 35.6. The first-order chi connectivity index (χ1) is 13.2. The third-order valence-electron chi connectivity index (χ3n) is 3.52. The summed E-state index contributed by atoms with van der Waals surface area (Å²) in [6, 6.07) is 13.1. The van der Waals surface area contributed by atoms with Crippen molar-refractivity contribution in [3.05, 3.63) is 64.7 Å². The van der Waals surface area contributed by atoms with Crippen LogP contribution in [0.3, 0.4) is 0 Å². The second-order valence-corrected chi connectivity index (χ2v) is 8.28. The predicted octanol–water partition coefficient (Wildman–Crippen LogP) is 5.16. The Kier molecular flexibility index (Phi) is 8.07. The van der Waals surface area contributed by atoms with Crippen LogP contribution < -0.4 is 10.6 Å². The standard InChI is InChI=1S/C18H16Cl4N2O4/c1-27-15(25)11-6-8-13(9-7-11)23-16(18(20,21)22)24-17(26)28-10-12-4-2-3-5-14(12)19/h2-9,16,23H,10H2,1H3,(H,24,26)/t16-/m1/s1. The molecule has 10 heteroatoms. The van der Waals surface area contributed by atoms with Crippen LogP contribution in [0.4, 0.5) is 10.5 Å². The molecule has 0 aliphatic carbocycles. The van der Waals surface area contributed by atoms with Crippen molar-refractivity contribution in [2.75, 3.05) is 12.4 Å². The molecule has 0 saturated carbocycles. The fraction of sp³-hybridized carbons (Fsp3) is 0.222. The van der Waals surface area contributed by atoms with Crippen molar-refractivity contribution in [3.8, 4) is 0 Å². The number of alkyl halides is 3. The van der Waals surface area contributed by atoms with E-state index >= 15 is 0 Å². The highest BCUT2D eigenvalue weighted by Crippen LogP contribution is 2.31. The van der Waals surface area contributed by atoms with Gasteiger partial charge in [-0.1, -0.05) is 64.6 Å². The van der Waals surface area contributed by atoms with Gasteiger partial charge in [0, 0.05) is 16.3 Å². The molecule has 0 aromatic heterocycles. The number of ether oxygens (including phenoxy) is 2. The fourth-order valence-corrected chi connectivity index (χ4v) is 2.62. The molecule has 28 heavy (non-hydrogen) atoms. The zero-order valence-corrected chi connectivity index (χ0v) is 17.6. The summed E-state index contributed by atoms with van der Waals surface area (Å²) >= 11 is 23.8. The number of methoxy groups -OCH3 is 1. The number of anilines is 1. The van der Waals surface area contributed by atoms with E-state index in [1.54, 1.807) is 36.4 Å². The molecule has 2 aromatic carbocycles. The molecular weight excluding hydrogens is 450 g/mol. The maximum atomic E-state index is 12.1.